The van der Waals surface area contributed by atoms with Crippen molar-refractivity contribution in [2.45, 2.75) is 37.6 Å². The largest absolute Gasteiger partial charge is 0.465 e. The van der Waals surface area contributed by atoms with Gasteiger partial charge in [-0.1, -0.05) is 0 Å². The number of nitrogens with zero attached hydrogens (tertiary/aromatic N) is 4. The zero-order chi connectivity index (χ0) is 15.3. The van der Waals surface area contributed by atoms with Crippen molar-refractivity contribution in [3.8, 4) is 0 Å². The van der Waals surface area contributed by atoms with E-state index in [2.05, 4.69) is 21.5 Å². The van der Waals surface area contributed by atoms with Gasteiger partial charge in [-0.05, 0) is 38.8 Å². The topological polar surface area (TPSA) is 61.6 Å². The molecule has 0 unspecified atom stereocenters. The van der Waals surface area contributed by atoms with Crippen LogP contribution in [0.4, 0.5) is 4.79 Å². The number of aryl methyl sites for hydroxylation is 1. The standard InChI is InChI=1S/C16H24N4O2/c1-18-7-4-17-14(18)12-2-5-19(6-3-12)13-8-16(9-13)10-20(11-16)15(21)22/h4,7,12-13H,2-3,5-6,8-11H2,1H3,(H,21,22). The number of imidazole rings is 1. The minimum atomic E-state index is -0.759. The van der Waals surface area contributed by atoms with Crippen LogP contribution in [0.3, 0.4) is 0 Å². The Hall–Kier alpha value is -1.56. The number of amides is 1. The molecule has 22 heavy (non-hydrogen) atoms. The second kappa shape index (κ2) is 4.98. The molecule has 6 heteroatoms. The average Bonchev–Trinajstić information content (AvgIpc) is 2.82. The molecule has 0 bridgehead atoms. The molecule has 2 saturated heterocycles. The third kappa shape index (κ3) is 2.20. The lowest BCUT2D eigenvalue weighted by Crippen LogP contribution is -2.67. The summed E-state index contributed by atoms with van der Waals surface area (Å²) in [6, 6.07) is 0.679. The van der Waals surface area contributed by atoms with Crippen LogP contribution in [-0.4, -0.2) is 62.8 Å². The summed E-state index contributed by atoms with van der Waals surface area (Å²) in [5.41, 5.74) is 0.319. The molecule has 1 saturated carbocycles. The maximum Gasteiger partial charge on any atom is 0.407 e. The van der Waals surface area contributed by atoms with Gasteiger partial charge in [0.25, 0.3) is 0 Å². The number of rotatable bonds is 2. The Labute approximate surface area is 130 Å². The van der Waals surface area contributed by atoms with Crippen LogP contribution in [0.5, 0.6) is 0 Å². The zero-order valence-electron chi connectivity index (χ0n) is 13.1. The Morgan fingerprint density at radius 3 is 2.55 bits per heavy atom. The van der Waals surface area contributed by atoms with Crippen molar-refractivity contribution in [1.29, 1.82) is 0 Å². The maximum atomic E-state index is 10.9. The number of carboxylic acid groups (broad SMARTS) is 1. The minimum Gasteiger partial charge on any atom is -0.465 e. The van der Waals surface area contributed by atoms with Crippen LogP contribution >= 0.6 is 0 Å². The highest BCUT2D eigenvalue weighted by molar-refractivity contribution is 5.66. The van der Waals surface area contributed by atoms with Crippen molar-refractivity contribution in [3.05, 3.63) is 18.2 Å². The van der Waals surface area contributed by atoms with Crippen LogP contribution in [0.25, 0.3) is 0 Å². The summed E-state index contributed by atoms with van der Waals surface area (Å²) < 4.78 is 2.15. The number of hydrogen-bond donors (Lipinski definition) is 1. The summed E-state index contributed by atoms with van der Waals surface area (Å²) in [6.45, 7) is 3.81. The Kier molecular flexibility index (Phi) is 3.18. The third-order valence-electron chi connectivity index (χ3n) is 5.93. The van der Waals surface area contributed by atoms with Gasteiger partial charge in [0.1, 0.15) is 5.82 Å². The van der Waals surface area contributed by atoms with E-state index in [4.69, 9.17) is 5.11 Å². The molecule has 0 radical (unpaired) electrons. The molecule has 1 aromatic heterocycles. The second-order valence-corrected chi connectivity index (χ2v) is 7.41. The first-order valence-corrected chi connectivity index (χ1v) is 8.25. The van der Waals surface area contributed by atoms with E-state index in [0.717, 1.165) is 26.2 Å². The Morgan fingerprint density at radius 1 is 1.32 bits per heavy atom. The monoisotopic (exact) mass is 304 g/mol. The molecule has 0 aromatic carbocycles. The molecule has 120 valence electrons. The summed E-state index contributed by atoms with van der Waals surface area (Å²) in [6.07, 6.45) is 7.91. The molecule has 1 aliphatic carbocycles. The highest BCUT2D eigenvalue weighted by Crippen LogP contribution is 2.50. The van der Waals surface area contributed by atoms with E-state index in [1.807, 2.05) is 12.4 Å². The smallest absolute Gasteiger partial charge is 0.407 e. The Balaban J connectivity index is 1.26. The van der Waals surface area contributed by atoms with Crippen molar-refractivity contribution in [2.75, 3.05) is 26.2 Å². The molecule has 4 rings (SSSR count). The number of hydrogen-bond acceptors (Lipinski definition) is 3. The lowest BCUT2D eigenvalue weighted by molar-refractivity contribution is -0.0998. The van der Waals surface area contributed by atoms with E-state index < -0.39 is 6.09 Å². The molecule has 1 spiro atoms. The van der Waals surface area contributed by atoms with E-state index in [1.54, 1.807) is 4.90 Å². The van der Waals surface area contributed by atoms with Crippen molar-refractivity contribution in [2.24, 2.45) is 12.5 Å². The average molecular weight is 304 g/mol. The molecule has 3 heterocycles. The van der Waals surface area contributed by atoms with Crippen molar-refractivity contribution < 1.29 is 9.90 Å². The summed E-state index contributed by atoms with van der Waals surface area (Å²) >= 11 is 0. The number of aromatic nitrogens is 2. The quantitative estimate of drug-likeness (QED) is 0.904. The van der Waals surface area contributed by atoms with Gasteiger partial charge in [-0.3, -0.25) is 0 Å². The van der Waals surface area contributed by atoms with Crippen LogP contribution in [0.15, 0.2) is 12.4 Å². The van der Waals surface area contributed by atoms with Crippen molar-refractivity contribution in [3.63, 3.8) is 0 Å². The number of piperidine rings is 1. The van der Waals surface area contributed by atoms with Crippen LogP contribution < -0.4 is 0 Å². The van der Waals surface area contributed by atoms with E-state index >= 15 is 0 Å². The molecule has 2 aliphatic heterocycles. The first-order valence-electron chi connectivity index (χ1n) is 8.25. The summed E-state index contributed by atoms with van der Waals surface area (Å²) in [4.78, 5) is 19.5. The van der Waals surface area contributed by atoms with E-state index in [0.29, 0.717) is 17.4 Å². The lowest BCUT2D eigenvalue weighted by atomic mass is 9.60. The molecule has 6 nitrogen and oxygen atoms in total. The minimum absolute atomic E-state index is 0.319. The lowest BCUT2D eigenvalue weighted by Gasteiger charge is -2.60. The summed E-state index contributed by atoms with van der Waals surface area (Å²) in [5, 5.41) is 8.95. The van der Waals surface area contributed by atoms with Crippen molar-refractivity contribution >= 4 is 6.09 Å². The fourth-order valence-corrected chi connectivity index (χ4v) is 4.65. The van der Waals surface area contributed by atoms with Gasteiger partial charge in [0.15, 0.2) is 0 Å². The number of carbonyl (C=O) groups is 1. The summed E-state index contributed by atoms with van der Waals surface area (Å²) in [7, 11) is 2.08. The fourth-order valence-electron chi connectivity index (χ4n) is 4.65. The van der Waals surface area contributed by atoms with Gasteiger partial charge in [-0.25, -0.2) is 9.78 Å². The van der Waals surface area contributed by atoms with Crippen molar-refractivity contribution in [1.82, 2.24) is 19.4 Å². The highest BCUT2D eigenvalue weighted by atomic mass is 16.4. The molecular weight excluding hydrogens is 280 g/mol. The molecule has 1 aromatic rings. The van der Waals surface area contributed by atoms with Gasteiger partial charge < -0.3 is 19.5 Å². The first-order chi connectivity index (χ1) is 10.6. The molecular formula is C16H24N4O2. The van der Waals surface area contributed by atoms with Gasteiger partial charge in [-0.15, -0.1) is 0 Å². The second-order valence-electron chi connectivity index (χ2n) is 7.41. The van der Waals surface area contributed by atoms with Crippen LogP contribution in [0, 0.1) is 5.41 Å². The molecule has 0 atom stereocenters. The highest BCUT2D eigenvalue weighted by Gasteiger charge is 2.55. The first kappa shape index (κ1) is 14.1. The molecule has 3 aliphatic rings. The van der Waals surface area contributed by atoms with Gasteiger partial charge in [0, 0.05) is 49.9 Å². The van der Waals surface area contributed by atoms with Gasteiger partial charge in [-0.2, -0.15) is 0 Å². The molecule has 1 N–H and O–H groups in total. The normalized spacial score (nSPS) is 26.0. The Morgan fingerprint density at radius 2 is 2.00 bits per heavy atom. The van der Waals surface area contributed by atoms with Crippen LogP contribution in [-0.2, 0) is 7.05 Å². The van der Waals surface area contributed by atoms with E-state index in [1.165, 1.54) is 31.5 Å². The van der Waals surface area contributed by atoms with E-state index in [9.17, 15) is 4.79 Å². The van der Waals surface area contributed by atoms with Gasteiger partial charge >= 0.3 is 6.09 Å². The summed E-state index contributed by atoms with van der Waals surface area (Å²) in [5.74, 6) is 1.82. The third-order valence-corrected chi connectivity index (χ3v) is 5.93. The van der Waals surface area contributed by atoms with Crippen LogP contribution in [0.2, 0.25) is 0 Å². The van der Waals surface area contributed by atoms with Gasteiger partial charge in [0.05, 0.1) is 0 Å². The zero-order valence-corrected chi connectivity index (χ0v) is 13.1. The maximum absolute atomic E-state index is 10.9. The SMILES string of the molecule is Cn1ccnc1C1CCN(C2CC3(C2)CN(C(=O)O)C3)CC1. The van der Waals surface area contributed by atoms with Crippen LogP contribution in [0.1, 0.15) is 37.4 Å². The number of likely N-dealkylation sites (tertiary alicyclic amines) is 2. The van der Waals surface area contributed by atoms with E-state index in [-0.39, 0.29) is 0 Å². The predicted octanol–water partition coefficient (Wildman–Crippen LogP) is 1.74. The van der Waals surface area contributed by atoms with Gasteiger partial charge in [0.2, 0.25) is 0 Å². The molecule has 1 amide bonds. The predicted molar refractivity (Wildman–Crippen MR) is 81.8 cm³/mol. The fraction of sp³-hybridized carbons (Fsp3) is 0.750. The molecule has 3 fully saturated rings. The Bertz CT molecular complexity index is 562.